The number of rotatable bonds is 4. The van der Waals surface area contributed by atoms with Crippen LogP contribution in [0.1, 0.15) is 22.3 Å². The van der Waals surface area contributed by atoms with Crippen LogP contribution >= 0.6 is 22.9 Å². The Morgan fingerprint density at radius 1 is 1.33 bits per heavy atom. The fourth-order valence-electron chi connectivity index (χ4n) is 2.89. The topological polar surface area (TPSA) is 48.5 Å². The molecule has 1 aromatic heterocycles. The molecule has 2 heterocycles. The van der Waals surface area contributed by atoms with Crippen molar-refractivity contribution in [3.8, 4) is 0 Å². The number of aromatic nitrogens is 1. The summed E-state index contributed by atoms with van der Waals surface area (Å²) in [5, 5.41) is 3.62. The maximum Gasteiger partial charge on any atom is 0.267 e. The number of amides is 1. The van der Waals surface area contributed by atoms with E-state index in [0.717, 1.165) is 49.8 Å². The van der Waals surface area contributed by atoms with E-state index in [4.69, 9.17) is 11.6 Å². The van der Waals surface area contributed by atoms with Gasteiger partial charge >= 0.3 is 0 Å². The van der Waals surface area contributed by atoms with Crippen molar-refractivity contribution in [3.05, 3.63) is 39.3 Å². The van der Waals surface area contributed by atoms with Crippen LogP contribution in [0.2, 0.25) is 5.02 Å². The summed E-state index contributed by atoms with van der Waals surface area (Å²) in [5.41, 5.74) is 4.21. The molecule has 2 aromatic rings. The Balaban J connectivity index is 1.81. The van der Waals surface area contributed by atoms with Gasteiger partial charge in [-0.25, -0.2) is 4.98 Å². The summed E-state index contributed by atoms with van der Waals surface area (Å²) in [6.07, 6.45) is 0. The summed E-state index contributed by atoms with van der Waals surface area (Å²) in [5.74, 6) is -0.134. The number of piperazine rings is 1. The summed E-state index contributed by atoms with van der Waals surface area (Å²) >= 11 is 7.50. The van der Waals surface area contributed by atoms with E-state index in [1.54, 1.807) is 5.51 Å². The molecule has 0 saturated carbocycles. The van der Waals surface area contributed by atoms with Gasteiger partial charge in [-0.15, -0.1) is 11.3 Å². The first-order chi connectivity index (χ1) is 11.6. The number of carbonyl (C=O) groups excluding carboxylic acids is 1. The van der Waals surface area contributed by atoms with Gasteiger partial charge < -0.3 is 15.1 Å². The molecular formula is C17H21ClN4OS. The van der Waals surface area contributed by atoms with E-state index in [1.807, 2.05) is 25.1 Å². The van der Waals surface area contributed by atoms with Crippen molar-refractivity contribution in [3.63, 3.8) is 0 Å². The summed E-state index contributed by atoms with van der Waals surface area (Å²) in [7, 11) is 0. The molecule has 128 valence electrons. The standard InChI is InChI=1S/C17H21ClN4OS/c1-3-21-6-8-22(9-7-21)15-5-4-13(18)10-14(15)20-17(23)16-12(2)19-11-24-16/h4-5,10-11H,3,6-9H2,1-2H3,(H,20,23). The van der Waals surface area contributed by atoms with Gasteiger partial charge in [-0.3, -0.25) is 4.79 Å². The average Bonchev–Trinajstić information content (AvgIpc) is 3.01. The zero-order valence-electron chi connectivity index (χ0n) is 13.9. The molecule has 1 N–H and O–H groups in total. The zero-order chi connectivity index (χ0) is 17.1. The molecule has 1 aliphatic rings. The fraction of sp³-hybridized carbons (Fsp3) is 0.412. The Kier molecular flexibility index (Phi) is 5.38. The van der Waals surface area contributed by atoms with Gasteiger partial charge in [0.15, 0.2) is 0 Å². The number of anilines is 2. The molecule has 0 atom stereocenters. The van der Waals surface area contributed by atoms with Crippen molar-refractivity contribution in [2.24, 2.45) is 0 Å². The third-order valence-corrected chi connectivity index (χ3v) is 5.48. The lowest BCUT2D eigenvalue weighted by Crippen LogP contribution is -2.46. The third-order valence-electron chi connectivity index (χ3n) is 4.32. The van der Waals surface area contributed by atoms with Gasteiger partial charge in [0, 0.05) is 31.2 Å². The number of benzene rings is 1. The van der Waals surface area contributed by atoms with E-state index in [1.165, 1.54) is 11.3 Å². The second-order valence-corrected chi connectivity index (χ2v) is 7.10. The van der Waals surface area contributed by atoms with Crippen LogP contribution in [0.25, 0.3) is 0 Å². The first-order valence-electron chi connectivity index (χ1n) is 8.06. The second kappa shape index (κ2) is 7.51. The van der Waals surface area contributed by atoms with Crippen LogP contribution in [0.15, 0.2) is 23.7 Å². The number of likely N-dealkylation sites (N-methyl/N-ethyl adjacent to an activating group) is 1. The molecule has 1 aliphatic heterocycles. The molecule has 1 saturated heterocycles. The molecule has 0 bridgehead atoms. The number of hydrogen-bond acceptors (Lipinski definition) is 5. The number of thiazole rings is 1. The second-order valence-electron chi connectivity index (χ2n) is 5.80. The van der Waals surface area contributed by atoms with E-state index in [0.29, 0.717) is 9.90 Å². The molecule has 3 rings (SSSR count). The number of nitrogens with one attached hydrogen (secondary N) is 1. The van der Waals surface area contributed by atoms with E-state index < -0.39 is 0 Å². The number of hydrogen-bond donors (Lipinski definition) is 1. The predicted octanol–water partition coefficient (Wildman–Crippen LogP) is 3.50. The maximum atomic E-state index is 12.5. The van der Waals surface area contributed by atoms with Crippen LogP contribution in [0.3, 0.4) is 0 Å². The van der Waals surface area contributed by atoms with Crippen LogP contribution in [0, 0.1) is 6.92 Å². The minimum atomic E-state index is -0.134. The van der Waals surface area contributed by atoms with Crippen LogP contribution in [0.4, 0.5) is 11.4 Å². The highest BCUT2D eigenvalue weighted by Gasteiger charge is 2.20. The monoisotopic (exact) mass is 364 g/mol. The van der Waals surface area contributed by atoms with Gasteiger partial charge in [-0.05, 0) is 31.7 Å². The molecule has 7 heteroatoms. The van der Waals surface area contributed by atoms with Gasteiger partial charge in [0.2, 0.25) is 0 Å². The minimum Gasteiger partial charge on any atom is -0.367 e. The van der Waals surface area contributed by atoms with E-state index in [2.05, 4.69) is 27.0 Å². The Bertz CT molecular complexity index is 725. The van der Waals surface area contributed by atoms with Gasteiger partial charge in [0.25, 0.3) is 5.91 Å². The van der Waals surface area contributed by atoms with Crippen molar-refractivity contribution in [2.45, 2.75) is 13.8 Å². The molecule has 0 aliphatic carbocycles. The quantitative estimate of drug-likeness (QED) is 0.902. The van der Waals surface area contributed by atoms with Crippen molar-refractivity contribution in [1.82, 2.24) is 9.88 Å². The zero-order valence-corrected chi connectivity index (χ0v) is 15.5. The van der Waals surface area contributed by atoms with Gasteiger partial charge in [0.05, 0.1) is 22.6 Å². The maximum absolute atomic E-state index is 12.5. The molecule has 5 nitrogen and oxygen atoms in total. The highest BCUT2D eigenvalue weighted by Crippen LogP contribution is 2.31. The molecule has 24 heavy (non-hydrogen) atoms. The number of carbonyl (C=O) groups is 1. The van der Waals surface area contributed by atoms with Crippen molar-refractivity contribution in [2.75, 3.05) is 42.9 Å². The van der Waals surface area contributed by atoms with Gasteiger partial charge in [0.1, 0.15) is 4.88 Å². The third kappa shape index (κ3) is 3.71. The van der Waals surface area contributed by atoms with Crippen molar-refractivity contribution < 1.29 is 4.79 Å². The van der Waals surface area contributed by atoms with Crippen molar-refractivity contribution in [1.29, 1.82) is 0 Å². The lowest BCUT2D eigenvalue weighted by Gasteiger charge is -2.36. The van der Waals surface area contributed by atoms with Crippen LogP contribution in [-0.4, -0.2) is 48.5 Å². The van der Waals surface area contributed by atoms with Gasteiger partial charge in [-0.1, -0.05) is 18.5 Å². The highest BCUT2D eigenvalue weighted by molar-refractivity contribution is 7.12. The molecule has 0 unspecified atom stereocenters. The molecule has 0 radical (unpaired) electrons. The van der Waals surface area contributed by atoms with Crippen LogP contribution in [-0.2, 0) is 0 Å². The molecule has 1 amide bonds. The Labute approximate surface area is 151 Å². The SMILES string of the molecule is CCN1CCN(c2ccc(Cl)cc2NC(=O)c2scnc2C)CC1. The number of aryl methyl sites for hydroxylation is 1. The molecule has 0 spiro atoms. The Morgan fingerprint density at radius 3 is 2.71 bits per heavy atom. The number of nitrogens with zero attached hydrogens (tertiary/aromatic N) is 3. The molecular weight excluding hydrogens is 344 g/mol. The van der Waals surface area contributed by atoms with E-state index >= 15 is 0 Å². The van der Waals surface area contributed by atoms with Crippen molar-refractivity contribution >= 4 is 40.2 Å². The molecule has 1 aromatic carbocycles. The summed E-state index contributed by atoms with van der Waals surface area (Å²) in [6, 6.07) is 5.67. The largest absolute Gasteiger partial charge is 0.367 e. The first kappa shape index (κ1) is 17.2. The molecule has 1 fully saturated rings. The van der Waals surface area contributed by atoms with E-state index in [-0.39, 0.29) is 5.91 Å². The highest BCUT2D eigenvalue weighted by atomic mass is 35.5. The Morgan fingerprint density at radius 2 is 2.08 bits per heavy atom. The van der Waals surface area contributed by atoms with Crippen LogP contribution in [0.5, 0.6) is 0 Å². The number of halogens is 1. The Hall–Kier alpha value is -1.63. The smallest absolute Gasteiger partial charge is 0.267 e. The minimum absolute atomic E-state index is 0.134. The fourth-order valence-corrected chi connectivity index (χ4v) is 3.76. The normalized spacial score (nSPS) is 15.5. The average molecular weight is 365 g/mol. The summed E-state index contributed by atoms with van der Waals surface area (Å²) < 4.78 is 0. The summed E-state index contributed by atoms with van der Waals surface area (Å²) in [6.45, 7) is 9.04. The van der Waals surface area contributed by atoms with Gasteiger partial charge in [-0.2, -0.15) is 0 Å². The lowest BCUT2D eigenvalue weighted by molar-refractivity contribution is 0.103. The lowest BCUT2D eigenvalue weighted by atomic mass is 10.2. The predicted molar refractivity (Wildman–Crippen MR) is 101 cm³/mol. The summed E-state index contributed by atoms with van der Waals surface area (Å²) in [4.78, 5) is 22.0. The van der Waals surface area contributed by atoms with E-state index in [9.17, 15) is 4.79 Å². The first-order valence-corrected chi connectivity index (χ1v) is 9.32. The van der Waals surface area contributed by atoms with Crippen LogP contribution < -0.4 is 10.2 Å².